The van der Waals surface area contributed by atoms with Crippen LogP contribution in [0.15, 0.2) is 36.5 Å². The van der Waals surface area contributed by atoms with Crippen LogP contribution in [0.5, 0.6) is 0 Å². The third-order valence-electron chi connectivity index (χ3n) is 4.95. The van der Waals surface area contributed by atoms with Crippen LogP contribution in [-0.2, 0) is 4.74 Å². The van der Waals surface area contributed by atoms with Gasteiger partial charge in [-0.05, 0) is 31.2 Å². The lowest BCUT2D eigenvalue weighted by Crippen LogP contribution is -2.40. The number of carbonyl (C=O) groups excluding carboxylic acids is 1. The van der Waals surface area contributed by atoms with E-state index in [9.17, 15) is 4.79 Å². The van der Waals surface area contributed by atoms with Crippen molar-refractivity contribution in [2.75, 3.05) is 37.8 Å². The van der Waals surface area contributed by atoms with E-state index < -0.39 is 0 Å². The second kappa shape index (κ2) is 8.25. The third kappa shape index (κ3) is 3.92. The Morgan fingerprint density at radius 2 is 1.83 bits per heavy atom. The Bertz CT molecular complexity index is 1100. The Hall–Kier alpha value is -3.23. The van der Waals surface area contributed by atoms with Gasteiger partial charge in [0.1, 0.15) is 5.82 Å². The molecule has 3 aromatic rings. The highest BCUT2D eigenvalue weighted by Gasteiger charge is 2.22. The van der Waals surface area contributed by atoms with Gasteiger partial charge in [-0.1, -0.05) is 17.7 Å². The quantitative estimate of drug-likeness (QED) is 0.663. The normalized spacial score (nSPS) is 14.0. The van der Waals surface area contributed by atoms with E-state index in [4.69, 9.17) is 27.8 Å². The molecule has 1 aliphatic heterocycles. The molecule has 154 valence electrons. The molecule has 30 heavy (non-hydrogen) atoms. The van der Waals surface area contributed by atoms with E-state index >= 15 is 0 Å². The smallest absolute Gasteiger partial charge is 0.255 e. The first-order valence-corrected chi connectivity index (χ1v) is 9.85. The molecular weight excluding hydrogens is 404 g/mol. The molecule has 8 nitrogen and oxygen atoms in total. The van der Waals surface area contributed by atoms with Crippen LogP contribution in [0, 0.1) is 6.92 Å². The van der Waals surface area contributed by atoms with Gasteiger partial charge in [-0.25, -0.2) is 15.0 Å². The number of hydrogen-bond donors (Lipinski definition) is 2. The Morgan fingerprint density at radius 3 is 2.50 bits per heavy atom. The SMILES string of the molecule is Cc1nc(N)nc(-c2ccc(C(=O)N3CCOCC3)c(Cl)c2)c1-c1ccc(N)nc1. The van der Waals surface area contributed by atoms with Gasteiger partial charge in [0, 0.05) is 36.0 Å². The number of halogens is 1. The topological polar surface area (TPSA) is 120 Å². The standard InChI is InChI=1S/C21H21ClN6O2/c1-12-18(14-3-5-17(23)25-11-14)19(27-21(24)26-12)13-2-4-15(16(22)10-13)20(29)28-6-8-30-9-7-28/h2-5,10-11H,6-9H2,1H3,(H2,23,25)(H2,24,26,27). The van der Waals surface area contributed by atoms with Crippen molar-refractivity contribution in [3.63, 3.8) is 0 Å². The van der Waals surface area contributed by atoms with Crippen LogP contribution in [0.2, 0.25) is 5.02 Å². The number of aromatic nitrogens is 3. The number of ether oxygens (including phenoxy) is 1. The number of morpholine rings is 1. The second-order valence-corrected chi connectivity index (χ2v) is 7.37. The highest BCUT2D eigenvalue weighted by Crippen LogP contribution is 2.35. The number of benzene rings is 1. The summed E-state index contributed by atoms with van der Waals surface area (Å²) in [6.07, 6.45) is 1.67. The summed E-state index contributed by atoms with van der Waals surface area (Å²) < 4.78 is 5.31. The van der Waals surface area contributed by atoms with E-state index in [1.165, 1.54) is 0 Å². The summed E-state index contributed by atoms with van der Waals surface area (Å²) in [7, 11) is 0. The van der Waals surface area contributed by atoms with Gasteiger partial charge in [0.25, 0.3) is 5.91 Å². The number of pyridine rings is 1. The predicted octanol–water partition coefficient (Wildman–Crippen LogP) is 2.80. The first-order valence-electron chi connectivity index (χ1n) is 9.47. The first-order chi connectivity index (χ1) is 14.4. The maximum absolute atomic E-state index is 12.8. The molecule has 0 spiro atoms. The largest absolute Gasteiger partial charge is 0.384 e. The molecule has 0 aliphatic carbocycles. The third-order valence-corrected chi connectivity index (χ3v) is 5.27. The summed E-state index contributed by atoms with van der Waals surface area (Å²) in [6, 6.07) is 8.82. The number of hydrogen-bond acceptors (Lipinski definition) is 7. The zero-order valence-corrected chi connectivity index (χ0v) is 17.2. The van der Waals surface area contributed by atoms with Crippen molar-refractivity contribution in [1.29, 1.82) is 0 Å². The van der Waals surface area contributed by atoms with Gasteiger partial charge in [0.05, 0.1) is 35.2 Å². The van der Waals surface area contributed by atoms with Crippen molar-refractivity contribution >= 4 is 29.3 Å². The fourth-order valence-corrected chi connectivity index (χ4v) is 3.74. The van der Waals surface area contributed by atoms with Crippen molar-refractivity contribution in [3.8, 4) is 22.4 Å². The van der Waals surface area contributed by atoms with E-state index in [2.05, 4.69) is 15.0 Å². The molecule has 1 saturated heterocycles. The second-order valence-electron chi connectivity index (χ2n) is 6.96. The maximum atomic E-state index is 12.8. The summed E-state index contributed by atoms with van der Waals surface area (Å²) in [5.41, 5.74) is 15.7. The minimum absolute atomic E-state index is 0.115. The predicted molar refractivity (Wildman–Crippen MR) is 116 cm³/mol. The van der Waals surface area contributed by atoms with Crippen molar-refractivity contribution in [3.05, 3.63) is 52.8 Å². The fourth-order valence-electron chi connectivity index (χ4n) is 3.47. The highest BCUT2D eigenvalue weighted by atomic mass is 35.5. The van der Waals surface area contributed by atoms with Crippen molar-refractivity contribution in [2.45, 2.75) is 6.92 Å². The van der Waals surface area contributed by atoms with Gasteiger partial charge in [-0.15, -0.1) is 0 Å². The molecule has 1 aliphatic rings. The average Bonchev–Trinajstić information content (AvgIpc) is 2.74. The van der Waals surface area contributed by atoms with Crippen LogP contribution < -0.4 is 11.5 Å². The first kappa shape index (κ1) is 20.1. The van der Waals surface area contributed by atoms with Gasteiger partial charge in [-0.2, -0.15) is 0 Å². The lowest BCUT2D eigenvalue weighted by atomic mass is 9.98. The molecule has 1 amide bonds. The molecule has 0 saturated carbocycles. The molecule has 0 radical (unpaired) electrons. The number of aryl methyl sites for hydroxylation is 1. The van der Waals surface area contributed by atoms with Crippen LogP contribution in [0.1, 0.15) is 16.1 Å². The lowest BCUT2D eigenvalue weighted by molar-refractivity contribution is 0.0303. The number of nitrogens with two attached hydrogens (primary N) is 2. The summed E-state index contributed by atoms with van der Waals surface area (Å²) in [5, 5.41) is 0.347. The van der Waals surface area contributed by atoms with Gasteiger partial charge in [-0.3, -0.25) is 4.79 Å². The molecular formula is C21H21ClN6O2. The number of amides is 1. The molecule has 0 unspecified atom stereocenters. The van der Waals surface area contributed by atoms with Gasteiger partial charge in [0.2, 0.25) is 5.95 Å². The molecule has 4 N–H and O–H groups in total. The van der Waals surface area contributed by atoms with Crippen LogP contribution in [-0.4, -0.2) is 52.1 Å². The Morgan fingerprint density at radius 1 is 1.10 bits per heavy atom. The number of nitrogens with zero attached hydrogens (tertiary/aromatic N) is 4. The summed E-state index contributed by atoms with van der Waals surface area (Å²) >= 11 is 6.51. The Labute approximate surface area is 178 Å². The van der Waals surface area contributed by atoms with E-state index in [0.717, 1.165) is 16.7 Å². The molecule has 9 heteroatoms. The molecule has 4 rings (SSSR count). The highest BCUT2D eigenvalue weighted by molar-refractivity contribution is 6.34. The number of carbonyl (C=O) groups is 1. The Balaban J connectivity index is 1.76. The van der Waals surface area contributed by atoms with Crippen LogP contribution in [0.4, 0.5) is 11.8 Å². The monoisotopic (exact) mass is 424 g/mol. The van der Waals surface area contributed by atoms with E-state index in [0.29, 0.717) is 54.1 Å². The van der Waals surface area contributed by atoms with Gasteiger partial charge >= 0.3 is 0 Å². The van der Waals surface area contributed by atoms with E-state index in [1.807, 2.05) is 19.1 Å². The maximum Gasteiger partial charge on any atom is 0.255 e. The average molecular weight is 425 g/mol. The molecule has 2 aromatic heterocycles. The zero-order chi connectivity index (χ0) is 21.3. The van der Waals surface area contributed by atoms with Gasteiger partial charge < -0.3 is 21.1 Å². The van der Waals surface area contributed by atoms with Crippen LogP contribution in [0.3, 0.4) is 0 Å². The van der Waals surface area contributed by atoms with Crippen molar-refractivity contribution in [2.24, 2.45) is 0 Å². The summed E-state index contributed by atoms with van der Waals surface area (Å²) in [6.45, 7) is 4.00. The van der Waals surface area contributed by atoms with E-state index in [1.54, 1.807) is 29.3 Å². The summed E-state index contributed by atoms with van der Waals surface area (Å²) in [4.78, 5) is 27.5. The molecule has 3 heterocycles. The molecule has 1 aromatic carbocycles. The zero-order valence-electron chi connectivity index (χ0n) is 16.4. The van der Waals surface area contributed by atoms with Crippen LogP contribution in [0.25, 0.3) is 22.4 Å². The number of anilines is 2. The Kier molecular flexibility index (Phi) is 5.52. The fraction of sp³-hybridized carbons (Fsp3) is 0.238. The lowest BCUT2D eigenvalue weighted by Gasteiger charge is -2.27. The molecule has 1 fully saturated rings. The van der Waals surface area contributed by atoms with Crippen molar-refractivity contribution in [1.82, 2.24) is 19.9 Å². The number of nitrogen functional groups attached to an aromatic ring is 2. The minimum atomic E-state index is -0.115. The molecule has 0 atom stereocenters. The van der Waals surface area contributed by atoms with E-state index in [-0.39, 0.29) is 11.9 Å². The number of rotatable bonds is 3. The molecule has 0 bridgehead atoms. The van der Waals surface area contributed by atoms with Gasteiger partial charge in [0.15, 0.2) is 0 Å². The summed E-state index contributed by atoms with van der Waals surface area (Å²) in [5.74, 6) is 0.457. The minimum Gasteiger partial charge on any atom is -0.384 e. The van der Waals surface area contributed by atoms with Crippen LogP contribution >= 0.6 is 11.6 Å². The van der Waals surface area contributed by atoms with Crippen molar-refractivity contribution < 1.29 is 9.53 Å².